The zero-order chi connectivity index (χ0) is 18.4. The van der Waals surface area contributed by atoms with Crippen molar-refractivity contribution in [2.75, 3.05) is 13.6 Å². The second-order valence-corrected chi connectivity index (χ2v) is 6.22. The lowest BCUT2D eigenvalue weighted by Gasteiger charge is -2.18. The summed E-state index contributed by atoms with van der Waals surface area (Å²) in [6.07, 6.45) is 2.44. The molecule has 3 rings (SSSR count). The van der Waals surface area contributed by atoms with Crippen LogP contribution in [-0.2, 0) is 11.3 Å². The Morgan fingerprint density at radius 3 is 2.65 bits per heavy atom. The second-order valence-electron chi connectivity index (χ2n) is 6.22. The van der Waals surface area contributed by atoms with Gasteiger partial charge in [-0.2, -0.15) is 0 Å². The first-order chi connectivity index (χ1) is 12.6. The molecule has 5 nitrogen and oxygen atoms in total. The van der Waals surface area contributed by atoms with Crippen LogP contribution in [0.5, 0.6) is 0 Å². The first-order valence-corrected chi connectivity index (χ1v) is 8.67. The SMILES string of the molecule is CN(Cc1cccc2ccccc12)C(=O)CCCNC(=O)c1ccco1. The van der Waals surface area contributed by atoms with Gasteiger partial charge in [-0.1, -0.05) is 42.5 Å². The van der Waals surface area contributed by atoms with Crippen LogP contribution in [-0.4, -0.2) is 30.3 Å². The van der Waals surface area contributed by atoms with E-state index in [4.69, 9.17) is 4.42 Å². The molecule has 0 saturated heterocycles. The summed E-state index contributed by atoms with van der Waals surface area (Å²) in [7, 11) is 1.81. The van der Waals surface area contributed by atoms with Crippen molar-refractivity contribution >= 4 is 22.6 Å². The van der Waals surface area contributed by atoms with Crippen LogP contribution >= 0.6 is 0 Å². The maximum Gasteiger partial charge on any atom is 0.286 e. The van der Waals surface area contributed by atoms with Gasteiger partial charge in [0.1, 0.15) is 0 Å². The molecule has 0 fully saturated rings. The van der Waals surface area contributed by atoms with E-state index in [-0.39, 0.29) is 17.6 Å². The number of amides is 2. The summed E-state index contributed by atoms with van der Waals surface area (Å²) in [6.45, 7) is 1.01. The van der Waals surface area contributed by atoms with Crippen molar-refractivity contribution in [2.45, 2.75) is 19.4 Å². The Balaban J connectivity index is 1.48. The smallest absolute Gasteiger partial charge is 0.286 e. The van der Waals surface area contributed by atoms with Crippen LogP contribution in [0.4, 0.5) is 0 Å². The summed E-state index contributed by atoms with van der Waals surface area (Å²) < 4.78 is 5.03. The van der Waals surface area contributed by atoms with Gasteiger partial charge in [0.15, 0.2) is 5.76 Å². The fraction of sp³-hybridized carbons (Fsp3) is 0.238. The maximum absolute atomic E-state index is 12.4. The summed E-state index contributed by atoms with van der Waals surface area (Å²) in [5, 5.41) is 5.09. The molecule has 2 aromatic carbocycles. The molecule has 1 heterocycles. The first kappa shape index (κ1) is 17.7. The van der Waals surface area contributed by atoms with E-state index in [9.17, 15) is 9.59 Å². The van der Waals surface area contributed by atoms with Crippen molar-refractivity contribution < 1.29 is 14.0 Å². The number of carbonyl (C=O) groups is 2. The minimum absolute atomic E-state index is 0.0604. The summed E-state index contributed by atoms with van der Waals surface area (Å²) in [4.78, 5) is 25.8. The normalized spacial score (nSPS) is 10.7. The molecular weight excluding hydrogens is 328 g/mol. The van der Waals surface area contributed by atoms with Crippen molar-refractivity contribution in [3.05, 3.63) is 72.2 Å². The van der Waals surface area contributed by atoms with Crippen LogP contribution in [0.2, 0.25) is 0 Å². The van der Waals surface area contributed by atoms with Crippen LogP contribution < -0.4 is 5.32 Å². The third-order valence-electron chi connectivity index (χ3n) is 4.31. The number of rotatable bonds is 7. The van der Waals surface area contributed by atoms with E-state index in [0.29, 0.717) is 25.9 Å². The average Bonchev–Trinajstić information content (AvgIpc) is 3.20. The first-order valence-electron chi connectivity index (χ1n) is 8.67. The zero-order valence-electron chi connectivity index (χ0n) is 14.8. The molecule has 0 unspecified atom stereocenters. The fourth-order valence-electron chi connectivity index (χ4n) is 2.90. The number of nitrogens with one attached hydrogen (secondary N) is 1. The third-order valence-corrected chi connectivity index (χ3v) is 4.31. The molecule has 0 spiro atoms. The predicted molar refractivity (Wildman–Crippen MR) is 101 cm³/mol. The van der Waals surface area contributed by atoms with E-state index in [1.807, 2.05) is 25.2 Å². The molecule has 3 aromatic rings. The van der Waals surface area contributed by atoms with Crippen molar-refractivity contribution in [1.29, 1.82) is 0 Å². The van der Waals surface area contributed by atoms with E-state index in [2.05, 4.69) is 29.6 Å². The molecule has 1 aromatic heterocycles. The second kappa shape index (κ2) is 8.34. The van der Waals surface area contributed by atoms with Gasteiger partial charge in [0.05, 0.1) is 6.26 Å². The molecule has 134 valence electrons. The maximum atomic E-state index is 12.4. The third kappa shape index (κ3) is 4.30. The monoisotopic (exact) mass is 350 g/mol. The number of benzene rings is 2. The highest BCUT2D eigenvalue weighted by Crippen LogP contribution is 2.19. The number of carbonyl (C=O) groups excluding carboxylic acids is 2. The largest absolute Gasteiger partial charge is 0.459 e. The summed E-state index contributed by atoms with van der Waals surface area (Å²) in [6, 6.07) is 17.6. The molecule has 2 amide bonds. The van der Waals surface area contributed by atoms with Crippen LogP contribution in [0.25, 0.3) is 10.8 Å². The minimum atomic E-state index is -0.258. The number of furan rings is 1. The van der Waals surface area contributed by atoms with Gasteiger partial charge in [0, 0.05) is 26.6 Å². The quantitative estimate of drug-likeness (QED) is 0.662. The van der Waals surface area contributed by atoms with E-state index < -0.39 is 0 Å². The van der Waals surface area contributed by atoms with Crippen molar-refractivity contribution in [2.24, 2.45) is 0 Å². The number of hydrogen-bond donors (Lipinski definition) is 1. The lowest BCUT2D eigenvalue weighted by Crippen LogP contribution is -2.28. The molecule has 0 aliphatic rings. The van der Waals surface area contributed by atoms with Gasteiger partial charge in [-0.3, -0.25) is 9.59 Å². The topological polar surface area (TPSA) is 62.6 Å². The van der Waals surface area contributed by atoms with Crippen molar-refractivity contribution in [1.82, 2.24) is 10.2 Å². The number of fused-ring (bicyclic) bond motifs is 1. The van der Waals surface area contributed by atoms with E-state index in [1.165, 1.54) is 17.0 Å². The van der Waals surface area contributed by atoms with E-state index in [0.717, 1.165) is 5.56 Å². The van der Waals surface area contributed by atoms with Gasteiger partial charge in [-0.05, 0) is 34.9 Å². The van der Waals surface area contributed by atoms with Crippen LogP contribution in [0.15, 0.2) is 65.3 Å². The Morgan fingerprint density at radius 1 is 1.04 bits per heavy atom. The van der Waals surface area contributed by atoms with Gasteiger partial charge in [-0.25, -0.2) is 0 Å². The average molecular weight is 350 g/mol. The Bertz CT molecular complexity index is 882. The summed E-state index contributed by atoms with van der Waals surface area (Å²) in [5.41, 5.74) is 1.13. The summed E-state index contributed by atoms with van der Waals surface area (Å²) >= 11 is 0. The highest BCUT2D eigenvalue weighted by Gasteiger charge is 2.12. The lowest BCUT2D eigenvalue weighted by atomic mass is 10.0. The van der Waals surface area contributed by atoms with Gasteiger partial charge in [0.25, 0.3) is 5.91 Å². The van der Waals surface area contributed by atoms with Crippen LogP contribution in [0.1, 0.15) is 29.0 Å². The van der Waals surface area contributed by atoms with Crippen molar-refractivity contribution in [3.63, 3.8) is 0 Å². The molecule has 5 heteroatoms. The predicted octanol–water partition coefficient (Wildman–Crippen LogP) is 3.60. The number of nitrogens with zero attached hydrogens (tertiary/aromatic N) is 1. The number of hydrogen-bond acceptors (Lipinski definition) is 3. The van der Waals surface area contributed by atoms with Gasteiger partial charge in [-0.15, -0.1) is 0 Å². The van der Waals surface area contributed by atoms with Crippen LogP contribution in [0.3, 0.4) is 0 Å². The molecule has 0 bridgehead atoms. The highest BCUT2D eigenvalue weighted by molar-refractivity contribution is 5.91. The molecule has 0 atom stereocenters. The minimum Gasteiger partial charge on any atom is -0.459 e. The molecule has 0 radical (unpaired) electrons. The zero-order valence-corrected chi connectivity index (χ0v) is 14.8. The van der Waals surface area contributed by atoms with E-state index >= 15 is 0 Å². The fourth-order valence-corrected chi connectivity index (χ4v) is 2.90. The molecule has 26 heavy (non-hydrogen) atoms. The molecule has 0 aliphatic heterocycles. The van der Waals surface area contributed by atoms with Crippen molar-refractivity contribution in [3.8, 4) is 0 Å². The Labute approximate surface area is 152 Å². The van der Waals surface area contributed by atoms with Crippen LogP contribution in [0, 0.1) is 0 Å². The molecule has 1 N–H and O–H groups in total. The highest BCUT2D eigenvalue weighted by atomic mass is 16.3. The van der Waals surface area contributed by atoms with E-state index in [1.54, 1.807) is 17.0 Å². The van der Waals surface area contributed by atoms with Gasteiger partial charge >= 0.3 is 0 Å². The summed E-state index contributed by atoms with van der Waals surface area (Å²) in [5.74, 6) is 0.0844. The Hall–Kier alpha value is -3.08. The van der Waals surface area contributed by atoms with Gasteiger partial charge < -0.3 is 14.6 Å². The molecule has 0 saturated carbocycles. The molecule has 0 aliphatic carbocycles. The van der Waals surface area contributed by atoms with Gasteiger partial charge in [0.2, 0.25) is 5.91 Å². The Morgan fingerprint density at radius 2 is 1.85 bits per heavy atom. The lowest BCUT2D eigenvalue weighted by molar-refractivity contribution is -0.130. The Kier molecular flexibility index (Phi) is 5.69. The standard InChI is InChI=1S/C21H22N2O3/c1-23(15-17-9-4-8-16-7-2-3-10-18(16)17)20(24)12-5-13-22-21(25)19-11-6-14-26-19/h2-4,6-11,14H,5,12-13,15H2,1H3,(H,22,25). The molecular formula is C21H22N2O3.